The summed E-state index contributed by atoms with van der Waals surface area (Å²) in [6, 6.07) is 28.8. The van der Waals surface area contributed by atoms with Crippen molar-refractivity contribution in [2.45, 2.75) is 52.9 Å². The van der Waals surface area contributed by atoms with Crippen molar-refractivity contribution in [3.63, 3.8) is 0 Å². The van der Waals surface area contributed by atoms with E-state index >= 15 is 0 Å². The van der Waals surface area contributed by atoms with Crippen LogP contribution in [0.4, 0.5) is 11.4 Å². The molecule has 4 aromatic carbocycles. The van der Waals surface area contributed by atoms with Gasteiger partial charge in [-0.3, -0.25) is 6.42 Å². The molecule has 0 N–H and O–H groups in total. The van der Waals surface area contributed by atoms with E-state index in [1.165, 1.54) is 32.1 Å². The number of benzene rings is 4. The molecule has 2 saturated carbocycles. The molecule has 10 rings (SSSR count). The molecule has 277 valence electrons. The van der Waals surface area contributed by atoms with Crippen molar-refractivity contribution in [2.24, 2.45) is 17.3 Å². The molecular formula is C46H49IrN4O2-3. The fraction of sp³-hybridized carbons (Fsp3) is 0.283. The summed E-state index contributed by atoms with van der Waals surface area (Å²) >= 11 is 0. The largest absolute Gasteiger partial charge is 0.510 e. The van der Waals surface area contributed by atoms with E-state index in [2.05, 4.69) is 91.9 Å². The first-order chi connectivity index (χ1) is 25.3. The number of hydrogen-bond donors (Lipinski definition) is 0. The molecule has 2 aliphatic carbocycles. The van der Waals surface area contributed by atoms with E-state index in [1.54, 1.807) is 5.92 Å². The van der Waals surface area contributed by atoms with E-state index in [-0.39, 0.29) is 20.1 Å². The van der Waals surface area contributed by atoms with Gasteiger partial charge < -0.3 is 34.4 Å². The van der Waals surface area contributed by atoms with Crippen molar-refractivity contribution in [3.8, 4) is 0 Å². The van der Waals surface area contributed by atoms with Crippen LogP contribution in [0.15, 0.2) is 119 Å². The molecule has 0 bridgehead atoms. The summed E-state index contributed by atoms with van der Waals surface area (Å²) in [5.74, 6) is 3.46. The quantitative estimate of drug-likeness (QED) is 0.161. The van der Waals surface area contributed by atoms with Gasteiger partial charge in [0.25, 0.3) is 0 Å². The molecular weight excluding hydrogens is 833 g/mol. The molecule has 6 nitrogen and oxygen atoms in total. The van der Waals surface area contributed by atoms with Gasteiger partial charge in [-0.15, -0.1) is 6.42 Å². The SMILES string of the molecule is CN1C=CN(c2cccc3c2oc2ccccc23)[CH-]1.CN1C=CN(c2cccc3c2oc2ccccc23)[CH-]1.C[C-]1CC[CH+]C2([CH-]CC(C)C2)CC1C.[Ir]. The molecule has 3 atom stereocenters. The molecule has 53 heavy (non-hydrogen) atoms. The summed E-state index contributed by atoms with van der Waals surface area (Å²) in [6.45, 7) is 11.2. The first kappa shape index (κ1) is 37.0. The van der Waals surface area contributed by atoms with Crippen LogP contribution in [0.25, 0.3) is 43.9 Å². The number of fused-ring (bicyclic) bond motifs is 6. The summed E-state index contributed by atoms with van der Waals surface area (Å²) < 4.78 is 12.0. The fourth-order valence-corrected chi connectivity index (χ4v) is 8.30. The van der Waals surface area contributed by atoms with Crippen LogP contribution in [0.5, 0.6) is 0 Å². The molecule has 0 amide bonds. The zero-order valence-electron chi connectivity index (χ0n) is 31.3. The predicted molar refractivity (Wildman–Crippen MR) is 216 cm³/mol. The Morgan fingerprint density at radius 1 is 0.679 bits per heavy atom. The Bertz CT molecular complexity index is 2100. The number of nitrogens with zero attached hydrogens (tertiary/aromatic N) is 4. The van der Waals surface area contributed by atoms with Crippen molar-refractivity contribution < 1.29 is 28.9 Å². The first-order valence-electron chi connectivity index (χ1n) is 18.7. The van der Waals surface area contributed by atoms with E-state index < -0.39 is 0 Å². The number of furan rings is 2. The summed E-state index contributed by atoms with van der Waals surface area (Å²) in [5, 5.41) is 4.64. The van der Waals surface area contributed by atoms with E-state index in [1.807, 2.05) is 98.4 Å². The Hall–Kier alpha value is -4.32. The van der Waals surface area contributed by atoms with Crippen molar-refractivity contribution in [1.29, 1.82) is 0 Å². The molecule has 2 aliphatic heterocycles. The minimum atomic E-state index is 0. The second-order valence-electron chi connectivity index (χ2n) is 15.2. The molecule has 7 heteroatoms. The predicted octanol–water partition coefficient (Wildman–Crippen LogP) is 12.1. The average molecular weight is 882 g/mol. The molecule has 0 saturated heterocycles. The minimum Gasteiger partial charge on any atom is -0.510 e. The van der Waals surface area contributed by atoms with Gasteiger partial charge in [0.05, 0.1) is 17.8 Å². The van der Waals surface area contributed by atoms with Crippen molar-refractivity contribution in [1.82, 2.24) is 9.80 Å². The monoisotopic (exact) mass is 882 g/mol. The van der Waals surface area contributed by atoms with E-state index in [0.29, 0.717) is 5.41 Å². The molecule has 1 spiro atoms. The third-order valence-corrected chi connectivity index (χ3v) is 11.1. The van der Waals surface area contributed by atoms with Crippen LogP contribution < -0.4 is 9.80 Å². The Labute approximate surface area is 328 Å². The molecule has 6 aromatic rings. The van der Waals surface area contributed by atoms with Gasteiger partial charge in [0.2, 0.25) is 0 Å². The molecule has 1 radical (unpaired) electrons. The molecule has 3 unspecified atom stereocenters. The maximum atomic E-state index is 6.02. The standard InChI is InChI=1S/2C16H13N2O.C14H23.Ir/c2*1-17-9-10-18(11-17)14-7-4-6-13-12-5-2-3-8-15(12)19-16(13)14;1-11-6-8-14(9-11)7-4-5-12(2)13(3)10-14;/h2*2-11H,1H3;7-8,11,13H,4-6,9-10H2,1-3H3;/q3*-1;. The van der Waals surface area contributed by atoms with Gasteiger partial charge in [0.15, 0.2) is 11.2 Å². The Kier molecular flexibility index (Phi) is 10.9. The first-order valence-corrected chi connectivity index (χ1v) is 18.7. The van der Waals surface area contributed by atoms with Crippen molar-refractivity contribution in [2.75, 3.05) is 23.9 Å². The van der Waals surface area contributed by atoms with Gasteiger partial charge in [-0.05, 0) is 75.0 Å². The number of rotatable bonds is 2. The van der Waals surface area contributed by atoms with E-state index in [4.69, 9.17) is 8.83 Å². The zero-order chi connectivity index (χ0) is 35.8. The molecule has 2 fully saturated rings. The summed E-state index contributed by atoms with van der Waals surface area (Å²) in [6.07, 6.45) is 20.1. The Morgan fingerprint density at radius 3 is 1.66 bits per heavy atom. The van der Waals surface area contributed by atoms with Crippen LogP contribution in [0.1, 0.15) is 52.9 Å². The van der Waals surface area contributed by atoms with Gasteiger partial charge in [0.1, 0.15) is 11.2 Å². The van der Waals surface area contributed by atoms with Gasteiger partial charge in [-0.1, -0.05) is 86.8 Å². The Morgan fingerprint density at radius 2 is 1.19 bits per heavy atom. The van der Waals surface area contributed by atoms with Crippen LogP contribution in [-0.4, -0.2) is 23.9 Å². The summed E-state index contributed by atoms with van der Waals surface area (Å²) in [5.41, 5.74) is 6.36. The zero-order valence-corrected chi connectivity index (χ0v) is 33.7. The average Bonchev–Trinajstić information content (AvgIpc) is 3.98. The van der Waals surface area contributed by atoms with Crippen LogP contribution in [0.2, 0.25) is 0 Å². The minimum absolute atomic E-state index is 0. The van der Waals surface area contributed by atoms with E-state index in [9.17, 15) is 0 Å². The normalized spacial score (nSPS) is 22.7. The van der Waals surface area contributed by atoms with Gasteiger partial charge >= 0.3 is 0 Å². The molecule has 4 heterocycles. The number of anilines is 2. The van der Waals surface area contributed by atoms with Gasteiger partial charge in [-0.25, -0.2) is 0 Å². The second kappa shape index (κ2) is 15.6. The van der Waals surface area contributed by atoms with Crippen LogP contribution >= 0.6 is 0 Å². The van der Waals surface area contributed by atoms with Crippen molar-refractivity contribution in [3.05, 3.63) is 142 Å². The maximum Gasteiger partial charge on any atom is 0.156 e. The molecule has 4 aliphatic rings. The fourth-order valence-electron chi connectivity index (χ4n) is 8.30. The maximum absolute atomic E-state index is 6.02. The third kappa shape index (κ3) is 7.56. The van der Waals surface area contributed by atoms with Crippen LogP contribution in [0, 0.1) is 49.3 Å². The van der Waals surface area contributed by atoms with Gasteiger partial charge in [-0.2, -0.15) is 32.6 Å². The Balaban J connectivity index is 0.000000124. The van der Waals surface area contributed by atoms with Crippen LogP contribution in [-0.2, 0) is 20.1 Å². The van der Waals surface area contributed by atoms with Gasteiger partial charge in [0, 0.05) is 48.1 Å². The second-order valence-corrected chi connectivity index (χ2v) is 15.2. The van der Waals surface area contributed by atoms with Crippen molar-refractivity contribution >= 4 is 55.3 Å². The number of hydrogen-bond acceptors (Lipinski definition) is 6. The van der Waals surface area contributed by atoms with Crippen LogP contribution in [0.3, 0.4) is 0 Å². The summed E-state index contributed by atoms with van der Waals surface area (Å²) in [7, 11) is 4.02. The number of para-hydroxylation sites is 4. The third-order valence-electron chi connectivity index (χ3n) is 11.1. The molecule has 2 aromatic heterocycles. The summed E-state index contributed by atoms with van der Waals surface area (Å²) in [4.78, 5) is 8.18. The topological polar surface area (TPSA) is 39.2 Å². The smallest absolute Gasteiger partial charge is 0.156 e. The van der Waals surface area contributed by atoms with E-state index in [0.717, 1.165) is 67.1 Å².